The highest BCUT2D eigenvalue weighted by atomic mass is 16.4. The van der Waals surface area contributed by atoms with Crippen LogP contribution in [0.2, 0.25) is 0 Å². The van der Waals surface area contributed by atoms with Gasteiger partial charge >= 0.3 is 0 Å². The lowest BCUT2D eigenvalue weighted by Crippen LogP contribution is -2.13. The molecule has 4 nitrogen and oxygen atoms in total. The molecule has 0 unspecified atom stereocenters. The van der Waals surface area contributed by atoms with E-state index in [1.807, 2.05) is 24.3 Å². The van der Waals surface area contributed by atoms with Crippen LogP contribution in [0.15, 0.2) is 53.7 Å². The number of hydrogen-bond acceptors (Lipinski definition) is 3. The summed E-state index contributed by atoms with van der Waals surface area (Å²) in [5.74, 6) is 0.256. The minimum absolute atomic E-state index is 0.256. The number of phenolic OH excluding ortho intramolecular Hbond substituents is 1. The smallest absolute Gasteiger partial charge is 0.115 e. The Morgan fingerprint density at radius 1 is 0.955 bits per heavy atom. The molecule has 2 N–H and O–H groups in total. The molecule has 0 radical (unpaired) electrons. The average molecular weight is 292 g/mol. The van der Waals surface area contributed by atoms with E-state index in [1.165, 1.54) is 5.69 Å². The van der Waals surface area contributed by atoms with E-state index in [4.69, 9.17) is 0 Å². The number of hydrogen-bond donors (Lipinski definition) is 2. The maximum absolute atomic E-state index is 9.52. The first-order chi connectivity index (χ1) is 10.8. The van der Waals surface area contributed by atoms with E-state index in [-0.39, 0.29) is 5.75 Å². The second kappa shape index (κ2) is 4.91. The van der Waals surface area contributed by atoms with Crippen LogP contribution in [-0.2, 0) is 6.42 Å². The largest absolute Gasteiger partial charge is 0.508 e. The lowest BCUT2D eigenvalue weighted by molar-refractivity contribution is 0.317. The minimum Gasteiger partial charge on any atom is -0.508 e. The fourth-order valence-corrected chi connectivity index (χ4v) is 3.40. The van der Waals surface area contributed by atoms with Gasteiger partial charge in [-0.1, -0.05) is 23.4 Å². The Kier molecular flexibility index (Phi) is 2.89. The van der Waals surface area contributed by atoms with E-state index >= 15 is 0 Å². The van der Waals surface area contributed by atoms with Crippen molar-refractivity contribution in [3.8, 4) is 11.4 Å². The van der Waals surface area contributed by atoms with Gasteiger partial charge in [0, 0.05) is 22.3 Å². The molecule has 0 atom stereocenters. The van der Waals surface area contributed by atoms with Crippen LogP contribution in [0, 0.1) is 0 Å². The zero-order valence-corrected chi connectivity index (χ0v) is 12.0. The molecule has 0 amide bonds. The van der Waals surface area contributed by atoms with Crippen molar-refractivity contribution in [2.24, 2.45) is 5.16 Å². The number of aromatic nitrogens is 1. The van der Waals surface area contributed by atoms with Gasteiger partial charge in [0.05, 0.1) is 11.2 Å². The first-order valence-corrected chi connectivity index (χ1v) is 7.42. The van der Waals surface area contributed by atoms with Gasteiger partial charge in [-0.25, -0.2) is 0 Å². The molecule has 4 rings (SSSR count). The van der Waals surface area contributed by atoms with Gasteiger partial charge in [-0.3, -0.25) is 0 Å². The number of aromatic hydroxyl groups is 1. The highest BCUT2D eigenvalue weighted by molar-refractivity contribution is 6.13. The van der Waals surface area contributed by atoms with Crippen molar-refractivity contribution in [2.75, 3.05) is 0 Å². The summed E-state index contributed by atoms with van der Waals surface area (Å²) in [6.07, 6.45) is 2.72. The Morgan fingerprint density at radius 2 is 1.73 bits per heavy atom. The van der Waals surface area contributed by atoms with Crippen molar-refractivity contribution in [2.45, 2.75) is 19.3 Å². The summed E-state index contributed by atoms with van der Waals surface area (Å²) in [6.45, 7) is 0. The molecule has 0 saturated heterocycles. The van der Waals surface area contributed by atoms with Crippen LogP contribution >= 0.6 is 0 Å². The molecule has 3 aromatic rings. The number of nitrogens with zero attached hydrogens (tertiary/aromatic N) is 2. The predicted molar refractivity (Wildman–Crippen MR) is 86.2 cm³/mol. The molecule has 1 heterocycles. The van der Waals surface area contributed by atoms with Crippen molar-refractivity contribution in [3.05, 3.63) is 59.8 Å². The van der Waals surface area contributed by atoms with E-state index < -0.39 is 0 Å². The summed E-state index contributed by atoms with van der Waals surface area (Å²) in [6, 6.07) is 15.4. The van der Waals surface area contributed by atoms with Crippen LogP contribution < -0.4 is 0 Å². The molecule has 22 heavy (non-hydrogen) atoms. The molecule has 1 aliphatic carbocycles. The van der Waals surface area contributed by atoms with E-state index in [9.17, 15) is 10.3 Å². The van der Waals surface area contributed by atoms with Crippen molar-refractivity contribution in [3.63, 3.8) is 0 Å². The lowest BCUT2D eigenvalue weighted by atomic mass is 9.93. The van der Waals surface area contributed by atoms with Crippen LogP contribution in [0.1, 0.15) is 24.1 Å². The SMILES string of the molecule is O/N=C1/CCCc2c1c1ccccc1n2-c1ccc(O)cc1. The van der Waals surface area contributed by atoms with Gasteiger partial charge in [0.15, 0.2) is 0 Å². The molecule has 0 fully saturated rings. The third-order valence-electron chi connectivity index (χ3n) is 4.32. The highest BCUT2D eigenvalue weighted by Crippen LogP contribution is 2.35. The first-order valence-electron chi connectivity index (χ1n) is 7.42. The lowest BCUT2D eigenvalue weighted by Gasteiger charge is -2.17. The highest BCUT2D eigenvalue weighted by Gasteiger charge is 2.25. The standard InChI is InChI=1S/C18H16N2O2/c21-13-10-8-12(9-11-13)20-16-6-2-1-4-14(16)18-15(19-22)5-3-7-17(18)20/h1-2,4,6,8-11,21-22H,3,5,7H2/b19-15-. The van der Waals surface area contributed by atoms with Crippen LogP contribution in [0.5, 0.6) is 5.75 Å². The molecule has 0 aliphatic heterocycles. The van der Waals surface area contributed by atoms with Gasteiger partial charge in [-0.15, -0.1) is 0 Å². The third kappa shape index (κ3) is 1.80. The van der Waals surface area contributed by atoms with E-state index in [0.717, 1.165) is 47.1 Å². The second-order valence-electron chi connectivity index (χ2n) is 5.59. The normalized spacial score (nSPS) is 16.1. The second-order valence-corrected chi connectivity index (χ2v) is 5.59. The Morgan fingerprint density at radius 3 is 2.50 bits per heavy atom. The number of fused-ring (bicyclic) bond motifs is 3. The maximum atomic E-state index is 9.52. The number of para-hydroxylation sites is 1. The zero-order valence-electron chi connectivity index (χ0n) is 12.0. The maximum Gasteiger partial charge on any atom is 0.115 e. The molecule has 2 aromatic carbocycles. The van der Waals surface area contributed by atoms with Gasteiger partial charge in [0.25, 0.3) is 0 Å². The summed E-state index contributed by atoms with van der Waals surface area (Å²) in [5.41, 5.74) is 5.09. The number of oxime groups is 1. The Labute approximate surface area is 127 Å². The summed E-state index contributed by atoms with van der Waals surface area (Å²) in [7, 11) is 0. The fraction of sp³-hybridized carbons (Fsp3) is 0.167. The Balaban J connectivity index is 2.09. The molecule has 1 aromatic heterocycles. The summed E-state index contributed by atoms with van der Waals surface area (Å²) < 4.78 is 2.20. The summed E-state index contributed by atoms with van der Waals surface area (Å²) in [5, 5.41) is 23.5. The van der Waals surface area contributed by atoms with Crippen molar-refractivity contribution < 1.29 is 10.3 Å². The van der Waals surface area contributed by atoms with Crippen LogP contribution in [0.3, 0.4) is 0 Å². The Bertz CT molecular complexity index is 876. The summed E-state index contributed by atoms with van der Waals surface area (Å²) >= 11 is 0. The van der Waals surface area contributed by atoms with Gasteiger partial charge in [-0.2, -0.15) is 0 Å². The monoisotopic (exact) mass is 292 g/mol. The van der Waals surface area contributed by atoms with Gasteiger partial charge < -0.3 is 14.9 Å². The fourth-order valence-electron chi connectivity index (χ4n) is 3.40. The zero-order chi connectivity index (χ0) is 15.1. The van der Waals surface area contributed by atoms with E-state index in [2.05, 4.69) is 21.9 Å². The van der Waals surface area contributed by atoms with Crippen molar-refractivity contribution in [1.29, 1.82) is 0 Å². The molecular weight excluding hydrogens is 276 g/mol. The van der Waals surface area contributed by atoms with Crippen molar-refractivity contribution in [1.82, 2.24) is 4.57 Å². The van der Waals surface area contributed by atoms with Gasteiger partial charge in [-0.05, 0) is 49.6 Å². The molecule has 1 aliphatic rings. The van der Waals surface area contributed by atoms with E-state index in [0.29, 0.717) is 0 Å². The van der Waals surface area contributed by atoms with Gasteiger partial charge in [0.2, 0.25) is 0 Å². The molecule has 0 spiro atoms. The third-order valence-corrected chi connectivity index (χ3v) is 4.32. The molecule has 4 heteroatoms. The van der Waals surface area contributed by atoms with Crippen LogP contribution in [0.25, 0.3) is 16.6 Å². The number of benzene rings is 2. The van der Waals surface area contributed by atoms with Crippen LogP contribution in [-0.4, -0.2) is 20.6 Å². The van der Waals surface area contributed by atoms with Crippen LogP contribution in [0.4, 0.5) is 0 Å². The topological polar surface area (TPSA) is 57.8 Å². The van der Waals surface area contributed by atoms with Crippen molar-refractivity contribution >= 4 is 16.6 Å². The number of phenols is 1. The molecule has 0 saturated carbocycles. The first kappa shape index (κ1) is 13.0. The average Bonchev–Trinajstić information content (AvgIpc) is 2.90. The quantitative estimate of drug-likeness (QED) is 0.528. The molecular formula is C18H16N2O2. The summed E-state index contributed by atoms with van der Waals surface area (Å²) in [4.78, 5) is 0. The predicted octanol–water partition coefficient (Wildman–Crippen LogP) is 3.85. The number of rotatable bonds is 1. The molecule has 0 bridgehead atoms. The van der Waals surface area contributed by atoms with E-state index in [1.54, 1.807) is 12.1 Å². The van der Waals surface area contributed by atoms with Gasteiger partial charge in [0.1, 0.15) is 5.75 Å². The molecule has 110 valence electrons. The minimum atomic E-state index is 0.256. The Hall–Kier alpha value is -2.75.